The highest BCUT2D eigenvalue weighted by Gasteiger charge is 2.38. The number of hydrogen-bond donors (Lipinski definition) is 6. The number of aromatic nitrogens is 2. The second-order valence-electron chi connectivity index (χ2n) is 17.6. The van der Waals surface area contributed by atoms with Gasteiger partial charge in [0.25, 0.3) is 11.8 Å². The molecule has 0 unspecified atom stereocenters. The smallest absolute Gasteiger partial charge is 0.274 e. The maximum atomic E-state index is 14.4. The van der Waals surface area contributed by atoms with E-state index < -0.39 is 141 Å². The molecule has 2 aromatic heterocycles. The molecule has 2 aliphatic rings. The number of thioether (sulfide) groups is 2. The molecule has 6 N–H and O–H groups in total. The molecule has 75 heavy (non-hydrogen) atoms. The van der Waals surface area contributed by atoms with Crippen LogP contribution in [-0.2, 0) is 38.4 Å². The number of hydrogen-bond acceptors (Lipinski definition) is 19. The van der Waals surface area contributed by atoms with Crippen LogP contribution in [0.3, 0.4) is 0 Å². The first kappa shape index (κ1) is 57.4. The van der Waals surface area contributed by atoms with Gasteiger partial charge in [-0.15, -0.1) is 0 Å². The molecule has 6 atom stereocenters. The van der Waals surface area contributed by atoms with E-state index in [0.717, 1.165) is 46.8 Å². The Hall–Kier alpha value is -6.84. The van der Waals surface area contributed by atoms with E-state index in [1.165, 1.54) is 61.3 Å². The van der Waals surface area contributed by atoms with Gasteiger partial charge in [0.2, 0.25) is 45.7 Å². The average molecular weight is 1110 g/mol. The largest absolute Gasteiger partial charge is 0.505 e. The second-order valence-corrected chi connectivity index (χ2v) is 22.2. The Morgan fingerprint density at radius 1 is 0.613 bits per heavy atom. The lowest BCUT2D eigenvalue weighted by atomic mass is 10.1. The number of pyridine rings is 2. The molecular weight excluding hydrogens is 1050 g/mol. The van der Waals surface area contributed by atoms with Crippen molar-refractivity contribution < 1.29 is 62.9 Å². The summed E-state index contributed by atoms with van der Waals surface area (Å²) in [5.41, 5.74) is 0.676. The lowest BCUT2D eigenvalue weighted by molar-refractivity contribution is -0.145. The van der Waals surface area contributed by atoms with Crippen molar-refractivity contribution in [3.8, 4) is 17.2 Å². The van der Waals surface area contributed by atoms with Crippen molar-refractivity contribution in [2.45, 2.75) is 57.0 Å². The average Bonchev–Trinajstić information content (AvgIpc) is 3.39. The van der Waals surface area contributed by atoms with Crippen LogP contribution in [0.4, 0.5) is 0 Å². The van der Waals surface area contributed by atoms with Crippen molar-refractivity contribution in [1.82, 2.24) is 50.8 Å². The van der Waals surface area contributed by atoms with Gasteiger partial charge >= 0.3 is 0 Å². The predicted octanol–water partition coefficient (Wildman–Crippen LogP) is 0.917. The highest BCUT2D eigenvalue weighted by Crippen LogP contribution is 2.30. The van der Waals surface area contributed by atoms with Gasteiger partial charge in [0, 0.05) is 62.0 Å². The van der Waals surface area contributed by atoms with Gasteiger partial charge in [-0.1, -0.05) is 56.7 Å². The maximum Gasteiger partial charge on any atom is 0.274 e. The van der Waals surface area contributed by atoms with Gasteiger partial charge in [-0.3, -0.25) is 47.9 Å². The Balaban J connectivity index is 1.31. The molecule has 27 heteroatoms. The summed E-state index contributed by atoms with van der Waals surface area (Å²) in [5, 5.41) is 31.3. The van der Waals surface area contributed by atoms with E-state index in [1.807, 2.05) is 6.92 Å². The number of amides is 8. The SMILES string of the molecule is COc1ccc2nc(C(=O)N[C@@H]3CSC(=O)[C@H](C)N(C)C(=O)[C@@H]4CSSC[C@@H](C(=O)N(C)[C@@H](C)C(=O)SC[C@@H](NC(=O)c5nc6ccc(C)cc6cc5O)C(=O)NCC(=O)N4C)N(C)C(=O)CNC3=O)c(O)cc2c1. The van der Waals surface area contributed by atoms with E-state index in [4.69, 9.17) is 4.74 Å². The van der Waals surface area contributed by atoms with Gasteiger partial charge in [0.15, 0.2) is 11.4 Å². The zero-order chi connectivity index (χ0) is 55.0. The summed E-state index contributed by atoms with van der Waals surface area (Å²) in [7, 11) is 8.89. The zero-order valence-electron chi connectivity index (χ0n) is 42.0. The fraction of sp³-hybridized carbons (Fsp3) is 0.417. The predicted molar refractivity (Wildman–Crippen MR) is 284 cm³/mol. The van der Waals surface area contributed by atoms with Crippen LogP contribution in [0, 0.1) is 6.92 Å². The van der Waals surface area contributed by atoms with Crippen LogP contribution in [-0.4, -0.2) is 205 Å². The molecule has 4 aromatic rings. The van der Waals surface area contributed by atoms with Crippen LogP contribution in [0.2, 0.25) is 0 Å². The van der Waals surface area contributed by atoms with Crippen molar-refractivity contribution in [1.29, 1.82) is 0 Å². The van der Waals surface area contributed by atoms with E-state index in [1.54, 1.807) is 36.4 Å². The molecule has 0 spiro atoms. The minimum absolute atomic E-state index is 0.133. The molecule has 8 amide bonds. The minimum Gasteiger partial charge on any atom is -0.505 e. The molecule has 2 aromatic carbocycles. The Labute approximate surface area is 447 Å². The fourth-order valence-corrected chi connectivity index (χ4v) is 12.0. The summed E-state index contributed by atoms with van der Waals surface area (Å²) in [6.07, 6.45) is 0. The molecule has 0 radical (unpaired) electrons. The topological polar surface area (TPSA) is 307 Å². The van der Waals surface area contributed by atoms with Crippen molar-refractivity contribution >= 4 is 124 Å². The number of fused-ring (bicyclic) bond motifs is 7. The number of nitrogens with one attached hydrogen (secondary N) is 4. The minimum atomic E-state index is -1.55. The Kier molecular flexibility index (Phi) is 19.2. The molecule has 2 fully saturated rings. The molecule has 0 aliphatic carbocycles. The summed E-state index contributed by atoms with van der Waals surface area (Å²) in [4.78, 5) is 153. The maximum absolute atomic E-state index is 14.4. The number of ether oxygens (including phenoxy) is 1. The van der Waals surface area contributed by atoms with Crippen LogP contribution in [0.1, 0.15) is 40.4 Å². The number of aromatic hydroxyl groups is 2. The summed E-state index contributed by atoms with van der Waals surface area (Å²) >= 11 is 1.17. The number of aryl methyl sites for hydroxylation is 1. The fourth-order valence-electron chi connectivity index (χ4n) is 7.54. The van der Waals surface area contributed by atoms with E-state index in [2.05, 4.69) is 31.2 Å². The van der Waals surface area contributed by atoms with Gasteiger partial charge in [0.1, 0.15) is 41.4 Å². The number of carbonyl (C=O) groups excluding carboxylic acids is 10. The van der Waals surface area contributed by atoms with Crippen LogP contribution < -0.4 is 26.0 Å². The third-order valence-electron chi connectivity index (χ3n) is 12.6. The number of likely N-dealkylation sites (N-methyl/N-ethyl adjacent to an activating group) is 4. The van der Waals surface area contributed by atoms with E-state index in [9.17, 15) is 58.2 Å². The van der Waals surface area contributed by atoms with Crippen molar-refractivity contribution in [2.24, 2.45) is 0 Å². The van der Waals surface area contributed by atoms with Crippen LogP contribution in [0.15, 0.2) is 48.5 Å². The first-order valence-electron chi connectivity index (χ1n) is 23.1. The Bertz CT molecular complexity index is 2950. The lowest BCUT2D eigenvalue weighted by Crippen LogP contribution is -2.56. The van der Waals surface area contributed by atoms with E-state index >= 15 is 0 Å². The molecule has 4 heterocycles. The van der Waals surface area contributed by atoms with Gasteiger partial charge in [-0.05, 0) is 63.2 Å². The summed E-state index contributed by atoms with van der Waals surface area (Å²) in [6, 6.07) is 4.46. The van der Waals surface area contributed by atoms with Crippen LogP contribution >= 0.6 is 45.1 Å². The van der Waals surface area contributed by atoms with Gasteiger partial charge in [-0.25, -0.2) is 9.97 Å². The van der Waals surface area contributed by atoms with Gasteiger partial charge < -0.3 is 55.8 Å². The molecule has 400 valence electrons. The first-order valence-corrected chi connectivity index (χ1v) is 27.5. The number of carbonyl (C=O) groups is 10. The highest BCUT2D eigenvalue weighted by atomic mass is 33.1. The zero-order valence-corrected chi connectivity index (χ0v) is 45.3. The van der Waals surface area contributed by atoms with Crippen LogP contribution in [0.25, 0.3) is 21.8 Å². The molecule has 23 nitrogen and oxygen atoms in total. The number of rotatable bonds is 5. The lowest BCUT2D eigenvalue weighted by Gasteiger charge is -2.34. The summed E-state index contributed by atoms with van der Waals surface area (Å²) < 4.78 is 5.23. The van der Waals surface area contributed by atoms with Crippen molar-refractivity contribution in [2.75, 3.05) is 71.4 Å². The Morgan fingerprint density at radius 2 is 1.03 bits per heavy atom. The van der Waals surface area contributed by atoms with Crippen molar-refractivity contribution in [3.05, 3.63) is 65.5 Å². The normalized spacial score (nSPS) is 22.9. The molecule has 2 bridgehead atoms. The highest BCUT2D eigenvalue weighted by molar-refractivity contribution is 8.76. The molecule has 0 saturated carbocycles. The molecule has 6 rings (SSSR count). The first-order chi connectivity index (χ1) is 35.5. The molecule has 2 saturated heterocycles. The van der Waals surface area contributed by atoms with Crippen molar-refractivity contribution in [3.63, 3.8) is 0 Å². The monoisotopic (exact) mass is 1110 g/mol. The van der Waals surface area contributed by atoms with Crippen LogP contribution in [0.5, 0.6) is 17.2 Å². The quantitative estimate of drug-likeness (QED) is 0.151. The third-order valence-corrected chi connectivity index (χ3v) is 17.2. The molecule has 2 aliphatic heterocycles. The summed E-state index contributed by atoms with van der Waals surface area (Å²) in [6.45, 7) is 3.28. The molecular formula is C48H56N10O13S4. The third kappa shape index (κ3) is 13.7. The van der Waals surface area contributed by atoms with Gasteiger partial charge in [-0.2, -0.15) is 0 Å². The van der Waals surface area contributed by atoms with Gasteiger partial charge in [0.05, 0.1) is 43.3 Å². The van der Waals surface area contributed by atoms with E-state index in [0.29, 0.717) is 51.1 Å². The second kappa shape index (κ2) is 25.1. The standard InChI is InChI=1S/C48H56N10O13S4/c1-23-9-11-29-26(13-23)15-35(59)39(51-29)43(65)53-31-19-72-47(69)24(2)55(4)45(67)34-22-75-74-21-33(57(6)37(61)17-49-41(31)63)46(68)56(5)25(3)48(70)73-20-32(42(64)50-18-38(62)58(34)7)54-44(66)40-36(60)16-27-14-28(71-8)10-12-30(27)52-40/h9-16,24-25,31-34,59-60H,17-22H2,1-8H3,(H,49,63)(H,50,64)(H,53,65)(H,54,66)/t24-,25-,31+,32+,33-,34-/m0/s1. The Morgan fingerprint density at radius 3 is 1.45 bits per heavy atom. The summed E-state index contributed by atoms with van der Waals surface area (Å²) in [5.74, 6) is -8.52. The number of benzene rings is 2. The van der Waals surface area contributed by atoms with E-state index in [-0.39, 0.29) is 11.5 Å². The number of nitrogens with zero attached hydrogens (tertiary/aromatic N) is 6. The number of methoxy groups -OCH3 is 1.